The predicted octanol–water partition coefficient (Wildman–Crippen LogP) is 0.843. The number of hydrogen-bond donors (Lipinski definition) is 1. The number of rotatable bonds is 3. The SMILES string of the molecule is [2H]N([C]=O)Cc1ccccc1. The maximum absolute atomic E-state index is 9.92. The van der Waals surface area contributed by atoms with Gasteiger partial charge in [-0.3, -0.25) is 4.79 Å². The van der Waals surface area contributed by atoms with Crippen LogP contribution in [0.1, 0.15) is 5.56 Å². The fraction of sp³-hybridized carbons (Fsp3) is 0.125. The van der Waals surface area contributed by atoms with Crippen LogP contribution in [0.25, 0.3) is 0 Å². The summed E-state index contributed by atoms with van der Waals surface area (Å²) >= 11 is 0. The van der Waals surface area contributed by atoms with Gasteiger partial charge in [-0.25, -0.2) is 0 Å². The Morgan fingerprint density at radius 3 is 2.80 bits per heavy atom. The lowest BCUT2D eigenvalue weighted by Gasteiger charge is -1.95. The van der Waals surface area contributed by atoms with Crippen LogP contribution in [-0.2, 0) is 11.3 Å². The molecule has 10 heavy (non-hydrogen) atoms. The van der Waals surface area contributed by atoms with E-state index in [0.29, 0.717) is 6.54 Å². The van der Waals surface area contributed by atoms with E-state index >= 15 is 0 Å². The largest absolute Gasteiger partial charge is 0.344 e. The van der Waals surface area contributed by atoms with Crippen molar-refractivity contribution in [3.8, 4) is 0 Å². The van der Waals surface area contributed by atoms with Crippen LogP contribution in [0.3, 0.4) is 0 Å². The molecule has 1 amide bonds. The molecule has 1 N–H and O–H groups in total. The summed E-state index contributed by atoms with van der Waals surface area (Å²) in [5.41, 5.74) is 0.936. The quantitative estimate of drug-likeness (QED) is 0.611. The van der Waals surface area contributed by atoms with Gasteiger partial charge in [-0.1, -0.05) is 30.3 Å². The van der Waals surface area contributed by atoms with Crippen molar-refractivity contribution in [2.75, 3.05) is 0 Å². The van der Waals surface area contributed by atoms with Gasteiger partial charge in [-0.15, -0.1) is 0 Å². The van der Waals surface area contributed by atoms with Gasteiger partial charge >= 0.3 is 6.41 Å². The van der Waals surface area contributed by atoms with Crippen molar-refractivity contribution in [3.05, 3.63) is 35.9 Å². The lowest BCUT2D eigenvalue weighted by atomic mass is 10.2. The fourth-order valence-corrected chi connectivity index (χ4v) is 0.707. The fourth-order valence-electron chi connectivity index (χ4n) is 0.707. The van der Waals surface area contributed by atoms with Crippen molar-refractivity contribution in [2.24, 2.45) is 0 Å². The van der Waals surface area contributed by atoms with Crippen LogP contribution in [0.2, 0.25) is 1.41 Å². The molecule has 2 heteroatoms. The van der Waals surface area contributed by atoms with Gasteiger partial charge in [0.15, 0.2) is 1.41 Å². The maximum Gasteiger partial charge on any atom is 0.309 e. The van der Waals surface area contributed by atoms with Gasteiger partial charge in [0.1, 0.15) is 0 Å². The second-order valence-corrected chi connectivity index (χ2v) is 1.89. The second-order valence-electron chi connectivity index (χ2n) is 1.89. The third kappa shape index (κ3) is 1.90. The smallest absolute Gasteiger partial charge is 0.309 e. The molecule has 0 aliphatic carbocycles. The van der Waals surface area contributed by atoms with Crippen molar-refractivity contribution in [1.82, 2.24) is 5.31 Å². The van der Waals surface area contributed by atoms with Crippen LogP contribution in [0.5, 0.6) is 0 Å². The van der Waals surface area contributed by atoms with E-state index in [4.69, 9.17) is 1.41 Å². The van der Waals surface area contributed by atoms with Crippen LogP contribution in [0, 0.1) is 0 Å². The Morgan fingerprint density at radius 1 is 1.50 bits per heavy atom. The van der Waals surface area contributed by atoms with E-state index in [2.05, 4.69) is 0 Å². The molecule has 0 aliphatic heterocycles. The Labute approximate surface area is 61.3 Å². The highest BCUT2D eigenvalue weighted by Crippen LogP contribution is 1.95. The summed E-state index contributed by atoms with van der Waals surface area (Å²) in [5, 5.41) is 0.731. The van der Waals surface area contributed by atoms with Gasteiger partial charge in [-0.05, 0) is 5.56 Å². The minimum Gasteiger partial charge on any atom is -0.344 e. The monoisotopic (exact) mass is 135 g/mol. The van der Waals surface area contributed by atoms with Gasteiger partial charge in [0.25, 0.3) is 0 Å². The molecule has 1 aromatic carbocycles. The van der Waals surface area contributed by atoms with Crippen molar-refractivity contribution >= 4 is 6.41 Å². The third-order valence-corrected chi connectivity index (χ3v) is 1.17. The molecule has 0 bridgehead atoms. The van der Waals surface area contributed by atoms with E-state index < -0.39 is 0 Å². The van der Waals surface area contributed by atoms with Crippen LogP contribution >= 0.6 is 0 Å². The topological polar surface area (TPSA) is 29.1 Å². The van der Waals surface area contributed by atoms with Crippen LogP contribution in [-0.4, -0.2) is 6.41 Å². The summed E-state index contributed by atoms with van der Waals surface area (Å²) in [6, 6.07) is 9.35. The first-order chi connectivity index (χ1) is 5.33. The summed E-state index contributed by atoms with van der Waals surface area (Å²) in [7, 11) is 0. The van der Waals surface area contributed by atoms with E-state index in [-0.39, 0.29) is 0 Å². The van der Waals surface area contributed by atoms with Crippen molar-refractivity contribution in [2.45, 2.75) is 6.54 Å². The van der Waals surface area contributed by atoms with Crippen LogP contribution in [0.4, 0.5) is 0 Å². The van der Waals surface area contributed by atoms with E-state index in [1.165, 1.54) is 6.41 Å². The minimum atomic E-state index is 0.296. The van der Waals surface area contributed by atoms with Gasteiger partial charge in [-0.2, -0.15) is 0 Å². The van der Waals surface area contributed by atoms with Crippen molar-refractivity contribution in [1.29, 1.82) is 0 Å². The normalized spacial score (nSPS) is 10.2. The molecule has 0 aliphatic rings. The predicted molar refractivity (Wildman–Crippen MR) is 39.0 cm³/mol. The Balaban J connectivity index is 2.57. The molecule has 1 radical (unpaired) electrons. The Bertz CT molecular complexity index is 225. The van der Waals surface area contributed by atoms with E-state index in [1.807, 2.05) is 30.3 Å². The van der Waals surface area contributed by atoms with Crippen LogP contribution < -0.4 is 5.31 Å². The summed E-state index contributed by atoms with van der Waals surface area (Å²) in [6.45, 7) is 0.296. The number of hydrogen-bond acceptors (Lipinski definition) is 1. The number of nitrogens with one attached hydrogen (secondary N) is 1. The molecular weight excluding hydrogens is 126 g/mol. The molecule has 0 aromatic heterocycles. The first-order valence-corrected chi connectivity index (χ1v) is 3.01. The maximum atomic E-state index is 9.92. The highest BCUT2D eigenvalue weighted by molar-refractivity contribution is 5.47. The zero-order valence-corrected chi connectivity index (χ0v) is 5.45. The van der Waals surface area contributed by atoms with Gasteiger partial charge in [0, 0.05) is 6.54 Å². The zero-order chi connectivity index (χ0) is 8.10. The molecule has 0 saturated heterocycles. The Morgan fingerprint density at radius 2 is 2.20 bits per heavy atom. The summed E-state index contributed by atoms with van der Waals surface area (Å²) in [6.07, 6.45) is 1.46. The Hall–Kier alpha value is -1.31. The first kappa shape index (κ1) is 5.47. The molecular formula is C8H8NO. The van der Waals surface area contributed by atoms with Crippen LogP contribution in [0.15, 0.2) is 30.3 Å². The lowest BCUT2D eigenvalue weighted by Crippen LogP contribution is -2.08. The molecule has 2 nitrogen and oxygen atoms in total. The van der Waals surface area contributed by atoms with Crippen molar-refractivity contribution < 1.29 is 6.21 Å². The average molecular weight is 135 g/mol. The van der Waals surface area contributed by atoms with E-state index in [1.54, 1.807) is 0 Å². The molecule has 0 atom stereocenters. The molecule has 1 rings (SSSR count). The van der Waals surface area contributed by atoms with E-state index in [9.17, 15) is 4.79 Å². The third-order valence-electron chi connectivity index (χ3n) is 1.17. The molecule has 0 spiro atoms. The minimum absolute atomic E-state index is 0.296. The van der Waals surface area contributed by atoms with Crippen molar-refractivity contribution in [3.63, 3.8) is 0 Å². The molecule has 0 heterocycles. The second kappa shape index (κ2) is 3.67. The Kier molecular flexibility index (Phi) is 2.01. The highest BCUT2D eigenvalue weighted by atomic mass is 16.1. The highest BCUT2D eigenvalue weighted by Gasteiger charge is 1.86. The van der Waals surface area contributed by atoms with Gasteiger partial charge < -0.3 is 5.31 Å². The van der Waals surface area contributed by atoms with Gasteiger partial charge in [0.2, 0.25) is 0 Å². The lowest BCUT2D eigenvalue weighted by molar-refractivity contribution is 0.542. The molecule has 0 saturated carbocycles. The summed E-state index contributed by atoms with van der Waals surface area (Å²) in [4.78, 5) is 9.92. The summed E-state index contributed by atoms with van der Waals surface area (Å²) < 4.78 is 6.97. The molecule has 0 unspecified atom stereocenters. The number of carbonyl (C=O) groups excluding carboxylic acids is 1. The first-order valence-electron chi connectivity index (χ1n) is 3.46. The standard InChI is InChI=1S/C8H8NO/c10-7-9-6-8-4-2-1-3-5-8/h1-5H,6H2,(H,9,10)/i/hD. The molecule has 51 valence electrons. The molecule has 1 aromatic rings. The van der Waals surface area contributed by atoms with E-state index in [0.717, 1.165) is 10.9 Å². The number of benzene rings is 1. The molecule has 0 fully saturated rings. The summed E-state index contributed by atoms with van der Waals surface area (Å²) in [5.74, 6) is 0. The van der Waals surface area contributed by atoms with Gasteiger partial charge in [0.05, 0.1) is 0 Å². The number of amides is 1. The zero-order valence-electron chi connectivity index (χ0n) is 6.45. The average Bonchev–Trinajstić information content (AvgIpc) is 2.06.